The molecule has 0 saturated carbocycles. The van der Waals surface area contributed by atoms with Gasteiger partial charge < -0.3 is 0 Å². The third kappa shape index (κ3) is 3.44. The summed E-state index contributed by atoms with van der Waals surface area (Å²) in [6.07, 6.45) is 0. The molecule has 0 aromatic heterocycles. The van der Waals surface area contributed by atoms with Crippen LogP contribution in [0.1, 0.15) is 0 Å². The predicted molar refractivity (Wildman–Crippen MR) is 24.0 cm³/mol. The van der Waals surface area contributed by atoms with Gasteiger partial charge in [-0.25, -0.2) is 0 Å². The summed E-state index contributed by atoms with van der Waals surface area (Å²) in [6, 6.07) is 0. The molecule has 0 bridgehead atoms. The van der Waals surface area contributed by atoms with Crippen molar-refractivity contribution in [1.82, 2.24) is 0 Å². The zero-order chi connectivity index (χ0) is 3.41. The SMILES string of the molecule is [Ge][CH2][S][Ge]. The molecule has 0 heterocycles. The summed E-state index contributed by atoms with van der Waals surface area (Å²) in [5.74, 6) is 0. The molecule has 0 nitrogen and oxygen atoms in total. The molecule has 0 aliphatic carbocycles. The Labute approximate surface area is 46.6 Å². The molecule has 0 N–H and O–H groups in total. The van der Waals surface area contributed by atoms with Crippen LogP contribution in [0.5, 0.6) is 0 Å². The van der Waals surface area contributed by atoms with Crippen LogP contribution < -0.4 is 0 Å². The summed E-state index contributed by atoms with van der Waals surface area (Å²) >= 11 is 4.24. The third-order valence-electron chi connectivity index (χ3n) is 0.0722. The molecule has 0 fully saturated rings. The molecule has 0 rings (SSSR count). The van der Waals surface area contributed by atoms with Crippen molar-refractivity contribution in [1.29, 1.82) is 0 Å². The molecule has 20 valence electrons. The predicted octanol–water partition coefficient (Wildman–Crippen LogP) is -0.0709. The van der Waals surface area contributed by atoms with E-state index in [9.17, 15) is 0 Å². The molecule has 0 aliphatic rings. The molecular weight excluding hydrogens is 189 g/mol. The normalized spacial score (nSPS) is 7.50. The summed E-state index contributed by atoms with van der Waals surface area (Å²) in [4.78, 5) is 0. The Morgan fingerprint density at radius 3 is 2.00 bits per heavy atom. The first-order valence-electron chi connectivity index (χ1n) is 0.846. The topological polar surface area (TPSA) is 0 Å². The van der Waals surface area contributed by atoms with E-state index in [0.717, 1.165) is 0 Å². The van der Waals surface area contributed by atoms with Gasteiger partial charge in [0.15, 0.2) is 0 Å². The fraction of sp³-hybridized carbons (Fsp3) is 1.00. The van der Waals surface area contributed by atoms with Crippen molar-refractivity contribution in [2.45, 2.75) is 0 Å². The van der Waals surface area contributed by atoms with Crippen molar-refractivity contribution < 1.29 is 0 Å². The summed E-state index contributed by atoms with van der Waals surface area (Å²) in [6.45, 7) is 0. The van der Waals surface area contributed by atoms with Gasteiger partial charge in [0.1, 0.15) is 0 Å². The fourth-order valence-corrected chi connectivity index (χ4v) is 0. The Morgan fingerprint density at radius 1 is 1.75 bits per heavy atom. The van der Waals surface area contributed by atoms with Gasteiger partial charge in [0.2, 0.25) is 0 Å². The van der Waals surface area contributed by atoms with Crippen LogP contribution in [-0.2, 0) is 0 Å². The maximum absolute atomic E-state index is 2.14. The monoisotopic (exact) mass is 194 g/mol. The second-order valence-corrected chi connectivity index (χ2v) is 4.50. The average Bonchev–Trinajstić information content (AvgIpc) is 1.37. The van der Waals surface area contributed by atoms with Gasteiger partial charge in [-0.1, -0.05) is 0 Å². The first kappa shape index (κ1) is 5.44. The quantitative estimate of drug-likeness (QED) is 0.523. The first-order valence-corrected chi connectivity index (χ1v) is 5.89. The number of hydrogen-bond donors (Lipinski definition) is 0. The molecular formula is CH2Ge2S. The third-order valence-corrected chi connectivity index (χ3v) is 5.85. The Hall–Kier alpha value is 1.44. The van der Waals surface area contributed by atoms with Gasteiger partial charge in [0.25, 0.3) is 0 Å². The van der Waals surface area contributed by atoms with Crippen LogP contribution in [0.15, 0.2) is 0 Å². The van der Waals surface area contributed by atoms with Crippen LogP contribution in [0.2, 0.25) is 0 Å². The Bertz CT molecular complexity index is 8.00. The second kappa shape index (κ2) is 4.44. The van der Waals surface area contributed by atoms with E-state index in [1.165, 1.54) is 4.59 Å². The molecule has 0 amide bonds. The van der Waals surface area contributed by atoms with Crippen LogP contribution in [-0.4, -0.2) is 36.5 Å². The van der Waals surface area contributed by atoms with Crippen molar-refractivity contribution in [3.8, 4) is 0 Å². The Balaban J connectivity index is 1.97. The average molecular weight is 191 g/mol. The second-order valence-electron chi connectivity index (χ2n) is 0.289. The van der Waals surface area contributed by atoms with Gasteiger partial charge >= 0.3 is 46.6 Å². The van der Waals surface area contributed by atoms with Crippen LogP contribution >= 0.6 is 10.1 Å². The van der Waals surface area contributed by atoms with E-state index in [1.54, 1.807) is 0 Å². The van der Waals surface area contributed by atoms with E-state index < -0.39 is 0 Å². The van der Waals surface area contributed by atoms with Gasteiger partial charge in [-0.3, -0.25) is 0 Å². The van der Waals surface area contributed by atoms with E-state index in [4.69, 9.17) is 0 Å². The van der Waals surface area contributed by atoms with E-state index >= 15 is 0 Å². The van der Waals surface area contributed by atoms with Gasteiger partial charge in [-0.15, -0.1) is 0 Å². The van der Waals surface area contributed by atoms with E-state index in [1.807, 2.05) is 10.1 Å². The maximum atomic E-state index is 2.14. The van der Waals surface area contributed by atoms with Gasteiger partial charge in [-0.2, -0.15) is 0 Å². The molecule has 0 aliphatic heterocycles. The van der Waals surface area contributed by atoms with Gasteiger partial charge in [0, 0.05) is 0 Å². The van der Waals surface area contributed by atoms with E-state index in [2.05, 4.69) is 31.9 Å². The Morgan fingerprint density at radius 2 is 2.00 bits per heavy atom. The zero-order valence-corrected chi connectivity index (χ0v) is 7.13. The number of hydrogen-bond acceptors (Lipinski definition) is 1. The van der Waals surface area contributed by atoms with Crippen molar-refractivity contribution in [2.75, 3.05) is 4.59 Å². The van der Waals surface area contributed by atoms with Crippen LogP contribution in [0, 0.1) is 0 Å². The van der Waals surface area contributed by atoms with Crippen LogP contribution in [0.25, 0.3) is 0 Å². The van der Waals surface area contributed by atoms with Crippen LogP contribution in [0.4, 0.5) is 0 Å². The molecule has 4 heavy (non-hydrogen) atoms. The fourth-order valence-electron chi connectivity index (χ4n) is 0. The summed E-state index contributed by atoms with van der Waals surface area (Å²) < 4.78 is 1.24. The summed E-state index contributed by atoms with van der Waals surface area (Å²) in [7, 11) is 1.86. The van der Waals surface area contributed by atoms with Gasteiger partial charge in [-0.05, 0) is 0 Å². The Kier molecular flexibility index (Phi) is 6.03. The summed E-state index contributed by atoms with van der Waals surface area (Å²) in [5, 5.41) is 0. The van der Waals surface area contributed by atoms with Crippen LogP contribution in [0.3, 0.4) is 0 Å². The zero-order valence-electron chi connectivity index (χ0n) is 2.12. The standard InChI is InChI=1S/CH2Ge2S/c2-1-4-3/h1H2. The van der Waals surface area contributed by atoms with Crippen molar-refractivity contribution in [3.63, 3.8) is 0 Å². The minimum atomic E-state index is 1.24. The molecule has 6 radical (unpaired) electrons. The molecule has 0 saturated heterocycles. The van der Waals surface area contributed by atoms with E-state index in [0.29, 0.717) is 0 Å². The molecule has 0 atom stereocenters. The first-order chi connectivity index (χ1) is 1.91. The van der Waals surface area contributed by atoms with E-state index in [-0.39, 0.29) is 0 Å². The minimum absolute atomic E-state index is 1.24. The van der Waals surface area contributed by atoms with Crippen molar-refractivity contribution in [2.24, 2.45) is 0 Å². The summed E-state index contributed by atoms with van der Waals surface area (Å²) in [5.41, 5.74) is 0. The van der Waals surface area contributed by atoms with Gasteiger partial charge in [0.05, 0.1) is 0 Å². The molecule has 3 heteroatoms. The number of rotatable bonds is 1. The molecule has 0 unspecified atom stereocenters. The molecule has 0 spiro atoms. The van der Waals surface area contributed by atoms with Crippen molar-refractivity contribution >= 4 is 42.0 Å². The van der Waals surface area contributed by atoms with Crippen molar-refractivity contribution in [3.05, 3.63) is 0 Å². The molecule has 0 aromatic carbocycles. The molecule has 0 aromatic rings.